The Balaban J connectivity index is 1.77. The molecule has 1 atom stereocenters. The molecule has 1 aliphatic rings. The van der Waals surface area contributed by atoms with Crippen LogP contribution in [0.1, 0.15) is 11.1 Å². The summed E-state index contributed by atoms with van der Waals surface area (Å²) in [5.41, 5.74) is 2.42. The molecule has 4 heteroatoms. The fraction of sp³-hybridized carbons (Fsp3) is 0.571. The van der Waals surface area contributed by atoms with Gasteiger partial charge in [0.15, 0.2) is 0 Å². The molecule has 1 aromatic rings. The molecule has 4 nitrogen and oxygen atoms in total. The van der Waals surface area contributed by atoms with Crippen LogP contribution in [0.2, 0.25) is 0 Å². The van der Waals surface area contributed by atoms with Gasteiger partial charge in [0.05, 0.1) is 33.0 Å². The second kappa shape index (κ2) is 6.73. The van der Waals surface area contributed by atoms with Crippen molar-refractivity contribution in [3.63, 3.8) is 0 Å². The van der Waals surface area contributed by atoms with Gasteiger partial charge in [0.2, 0.25) is 0 Å². The molecular weight excluding hydrogens is 230 g/mol. The second-order valence-electron chi connectivity index (χ2n) is 4.50. The van der Waals surface area contributed by atoms with Gasteiger partial charge in [-0.05, 0) is 24.1 Å². The number of aryl methyl sites for hydroxylation is 1. The van der Waals surface area contributed by atoms with Crippen LogP contribution in [0.25, 0.3) is 0 Å². The normalized spacial score (nSPS) is 19.8. The average molecular weight is 251 g/mol. The molecule has 0 radical (unpaired) electrons. The SMILES string of the molecule is COc1ccc(CNCC2COCCO2)cc1C. The van der Waals surface area contributed by atoms with Crippen LogP contribution in [0.15, 0.2) is 18.2 Å². The maximum Gasteiger partial charge on any atom is 0.121 e. The summed E-state index contributed by atoms with van der Waals surface area (Å²) in [6.45, 7) is 5.83. The van der Waals surface area contributed by atoms with Crippen molar-refractivity contribution in [3.05, 3.63) is 29.3 Å². The van der Waals surface area contributed by atoms with Gasteiger partial charge in [0.1, 0.15) is 5.75 Å². The van der Waals surface area contributed by atoms with E-state index in [-0.39, 0.29) is 6.10 Å². The molecule has 1 aromatic carbocycles. The lowest BCUT2D eigenvalue weighted by Crippen LogP contribution is -2.37. The van der Waals surface area contributed by atoms with Gasteiger partial charge in [-0.3, -0.25) is 0 Å². The maximum absolute atomic E-state index is 5.57. The number of hydrogen-bond acceptors (Lipinski definition) is 4. The van der Waals surface area contributed by atoms with E-state index in [4.69, 9.17) is 14.2 Å². The summed E-state index contributed by atoms with van der Waals surface area (Å²) in [6, 6.07) is 6.23. The van der Waals surface area contributed by atoms with Gasteiger partial charge >= 0.3 is 0 Å². The topological polar surface area (TPSA) is 39.7 Å². The molecule has 0 saturated carbocycles. The number of nitrogens with one attached hydrogen (secondary N) is 1. The highest BCUT2D eigenvalue weighted by atomic mass is 16.6. The molecule has 1 unspecified atom stereocenters. The minimum atomic E-state index is 0.179. The summed E-state index contributed by atoms with van der Waals surface area (Å²) in [7, 11) is 1.70. The van der Waals surface area contributed by atoms with Crippen LogP contribution in [-0.2, 0) is 16.0 Å². The predicted octanol–water partition coefficient (Wildman–Crippen LogP) is 1.51. The number of methoxy groups -OCH3 is 1. The smallest absolute Gasteiger partial charge is 0.121 e. The van der Waals surface area contributed by atoms with Crippen molar-refractivity contribution in [2.24, 2.45) is 0 Å². The van der Waals surface area contributed by atoms with E-state index in [1.807, 2.05) is 6.07 Å². The Labute approximate surface area is 108 Å². The Morgan fingerprint density at radius 2 is 2.28 bits per heavy atom. The fourth-order valence-corrected chi connectivity index (χ4v) is 2.08. The Bertz CT molecular complexity index is 375. The lowest BCUT2D eigenvalue weighted by atomic mass is 10.1. The molecule has 1 aliphatic heterocycles. The molecule has 1 fully saturated rings. The molecule has 1 N–H and O–H groups in total. The van der Waals surface area contributed by atoms with Crippen molar-refractivity contribution >= 4 is 0 Å². The summed E-state index contributed by atoms with van der Waals surface area (Å²) >= 11 is 0. The quantitative estimate of drug-likeness (QED) is 0.861. The highest BCUT2D eigenvalue weighted by molar-refractivity contribution is 5.36. The minimum Gasteiger partial charge on any atom is -0.496 e. The first-order chi connectivity index (χ1) is 8.79. The zero-order chi connectivity index (χ0) is 12.8. The van der Waals surface area contributed by atoms with E-state index in [9.17, 15) is 0 Å². The van der Waals surface area contributed by atoms with Crippen LogP contribution in [0.3, 0.4) is 0 Å². The van der Waals surface area contributed by atoms with E-state index in [0.717, 1.165) is 24.4 Å². The van der Waals surface area contributed by atoms with E-state index in [0.29, 0.717) is 19.8 Å². The highest BCUT2D eigenvalue weighted by Crippen LogP contribution is 2.18. The Morgan fingerprint density at radius 3 is 2.94 bits per heavy atom. The standard InChI is InChI=1S/C14H21NO3/c1-11-7-12(3-4-14(11)16-2)8-15-9-13-10-17-5-6-18-13/h3-4,7,13,15H,5-6,8-10H2,1-2H3. The molecule has 0 spiro atoms. The summed E-state index contributed by atoms with van der Waals surface area (Å²) in [5.74, 6) is 0.933. The lowest BCUT2D eigenvalue weighted by molar-refractivity contribution is -0.0864. The van der Waals surface area contributed by atoms with Gasteiger partial charge in [-0.2, -0.15) is 0 Å². The third-order valence-corrected chi connectivity index (χ3v) is 3.05. The van der Waals surface area contributed by atoms with E-state index in [2.05, 4.69) is 24.4 Å². The summed E-state index contributed by atoms with van der Waals surface area (Å²) in [5, 5.41) is 3.39. The van der Waals surface area contributed by atoms with Gasteiger partial charge < -0.3 is 19.5 Å². The third-order valence-electron chi connectivity index (χ3n) is 3.05. The van der Waals surface area contributed by atoms with Crippen molar-refractivity contribution in [1.29, 1.82) is 0 Å². The summed E-state index contributed by atoms with van der Waals surface area (Å²) in [4.78, 5) is 0. The molecule has 0 aliphatic carbocycles. The number of hydrogen-bond donors (Lipinski definition) is 1. The van der Waals surface area contributed by atoms with Gasteiger partial charge in [-0.25, -0.2) is 0 Å². The largest absolute Gasteiger partial charge is 0.496 e. The monoisotopic (exact) mass is 251 g/mol. The molecule has 1 saturated heterocycles. The predicted molar refractivity (Wildman–Crippen MR) is 70.0 cm³/mol. The summed E-state index contributed by atoms with van der Waals surface area (Å²) < 4.78 is 16.2. The van der Waals surface area contributed by atoms with Crippen molar-refractivity contribution < 1.29 is 14.2 Å². The average Bonchev–Trinajstić information content (AvgIpc) is 2.40. The van der Waals surface area contributed by atoms with Crippen LogP contribution in [0, 0.1) is 6.92 Å². The molecule has 0 aromatic heterocycles. The summed E-state index contributed by atoms with van der Waals surface area (Å²) in [6.07, 6.45) is 0.179. The van der Waals surface area contributed by atoms with Crippen molar-refractivity contribution in [2.75, 3.05) is 33.5 Å². The van der Waals surface area contributed by atoms with Crippen molar-refractivity contribution in [2.45, 2.75) is 19.6 Å². The Kier molecular flexibility index (Phi) is 4.99. The lowest BCUT2D eigenvalue weighted by Gasteiger charge is -2.23. The minimum absolute atomic E-state index is 0.179. The van der Waals surface area contributed by atoms with E-state index in [1.165, 1.54) is 5.56 Å². The fourth-order valence-electron chi connectivity index (χ4n) is 2.08. The van der Waals surface area contributed by atoms with E-state index in [1.54, 1.807) is 7.11 Å². The third kappa shape index (κ3) is 3.70. The zero-order valence-corrected chi connectivity index (χ0v) is 11.1. The number of benzene rings is 1. The molecule has 0 amide bonds. The highest BCUT2D eigenvalue weighted by Gasteiger charge is 2.13. The van der Waals surface area contributed by atoms with Crippen LogP contribution < -0.4 is 10.1 Å². The van der Waals surface area contributed by atoms with Gasteiger partial charge in [-0.1, -0.05) is 12.1 Å². The number of ether oxygens (including phenoxy) is 3. The van der Waals surface area contributed by atoms with Crippen LogP contribution in [-0.4, -0.2) is 39.6 Å². The zero-order valence-electron chi connectivity index (χ0n) is 11.1. The van der Waals surface area contributed by atoms with E-state index >= 15 is 0 Å². The van der Waals surface area contributed by atoms with Gasteiger partial charge in [-0.15, -0.1) is 0 Å². The molecular formula is C14H21NO3. The van der Waals surface area contributed by atoms with Gasteiger partial charge in [0.25, 0.3) is 0 Å². The molecule has 1 heterocycles. The number of rotatable bonds is 5. The second-order valence-corrected chi connectivity index (χ2v) is 4.50. The Morgan fingerprint density at radius 1 is 1.39 bits per heavy atom. The Hall–Kier alpha value is -1.10. The van der Waals surface area contributed by atoms with Crippen LogP contribution >= 0.6 is 0 Å². The molecule has 2 rings (SSSR count). The van der Waals surface area contributed by atoms with Crippen molar-refractivity contribution in [3.8, 4) is 5.75 Å². The first-order valence-corrected chi connectivity index (χ1v) is 6.33. The molecule has 0 bridgehead atoms. The first kappa shape index (κ1) is 13.3. The van der Waals surface area contributed by atoms with Crippen molar-refractivity contribution in [1.82, 2.24) is 5.32 Å². The molecule has 100 valence electrons. The van der Waals surface area contributed by atoms with Gasteiger partial charge in [0, 0.05) is 13.1 Å². The first-order valence-electron chi connectivity index (χ1n) is 6.33. The van der Waals surface area contributed by atoms with Crippen LogP contribution in [0.4, 0.5) is 0 Å². The van der Waals surface area contributed by atoms with Crippen LogP contribution in [0.5, 0.6) is 5.75 Å². The molecule has 18 heavy (non-hydrogen) atoms. The maximum atomic E-state index is 5.57. The van der Waals surface area contributed by atoms with E-state index < -0.39 is 0 Å².